The minimum atomic E-state index is 0.610. The second kappa shape index (κ2) is 5.02. The van der Waals surface area contributed by atoms with Gasteiger partial charge in [0.1, 0.15) is 0 Å². The lowest BCUT2D eigenvalue weighted by atomic mass is 10.2. The van der Waals surface area contributed by atoms with E-state index in [2.05, 4.69) is 25.9 Å². The van der Waals surface area contributed by atoms with E-state index in [9.17, 15) is 0 Å². The van der Waals surface area contributed by atoms with Gasteiger partial charge in [-0.05, 0) is 18.9 Å². The number of aryl methyl sites for hydroxylation is 1. The number of rotatable bonds is 5. The summed E-state index contributed by atoms with van der Waals surface area (Å²) in [4.78, 5) is 0. The third-order valence-corrected chi connectivity index (χ3v) is 1.83. The highest BCUT2D eigenvalue weighted by Gasteiger charge is 1.97. The van der Waals surface area contributed by atoms with Crippen LogP contribution in [0.3, 0.4) is 0 Å². The van der Waals surface area contributed by atoms with Gasteiger partial charge in [-0.3, -0.25) is 4.68 Å². The molecule has 1 heterocycles. The van der Waals surface area contributed by atoms with Gasteiger partial charge in [0.25, 0.3) is 0 Å². The molecule has 0 aliphatic heterocycles. The van der Waals surface area contributed by atoms with Crippen LogP contribution in [-0.4, -0.2) is 23.0 Å². The first kappa shape index (κ1) is 10.3. The van der Waals surface area contributed by atoms with Gasteiger partial charge in [0.2, 0.25) is 0 Å². The zero-order valence-corrected chi connectivity index (χ0v) is 8.66. The van der Waals surface area contributed by atoms with Gasteiger partial charge in [0.15, 0.2) is 0 Å². The van der Waals surface area contributed by atoms with Gasteiger partial charge in [-0.15, -0.1) is 0 Å². The standard InChI is InChI=1S/C10H18N2O/c1-9(2)8-13-7-6-12-10(3)4-5-11-12/h4-5,9H,6-8H2,1-3H3. The minimum absolute atomic E-state index is 0.610. The Kier molecular flexibility index (Phi) is 3.96. The van der Waals surface area contributed by atoms with Crippen LogP contribution in [0.5, 0.6) is 0 Å². The summed E-state index contributed by atoms with van der Waals surface area (Å²) < 4.78 is 7.42. The minimum Gasteiger partial charge on any atom is -0.379 e. The van der Waals surface area contributed by atoms with Crippen LogP contribution < -0.4 is 0 Å². The number of nitrogens with zero attached hydrogens (tertiary/aromatic N) is 2. The first-order valence-electron chi connectivity index (χ1n) is 4.76. The van der Waals surface area contributed by atoms with Crippen molar-refractivity contribution in [3.05, 3.63) is 18.0 Å². The van der Waals surface area contributed by atoms with Crippen LogP contribution in [0.15, 0.2) is 12.3 Å². The van der Waals surface area contributed by atoms with Gasteiger partial charge in [-0.25, -0.2) is 0 Å². The van der Waals surface area contributed by atoms with Gasteiger partial charge in [-0.1, -0.05) is 13.8 Å². The number of hydrogen-bond donors (Lipinski definition) is 0. The maximum absolute atomic E-state index is 5.46. The zero-order valence-electron chi connectivity index (χ0n) is 8.66. The maximum Gasteiger partial charge on any atom is 0.0662 e. The average molecular weight is 182 g/mol. The van der Waals surface area contributed by atoms with Crippen LogP contribution in [0.4, 0.5) is 0 Å². The summed E-state index contributed by atoms with van der Waals surface area (Å²) in [7, 11) is 0. The third-order valence-electron chi connectivity index (χ3n) is 1.83. The topological polar surface area (TPSA) is 27.1 Å². The molecule has 1 aromatic rings. The molecule has 3 heteroatoms. The highest BCUT2D eigenvalue weighted by Crippen LogP contribution is 1.97. The van der Waals surface area contributed by atoms with Crippen molar-refractivity contribution in [3.63, 3.8) is 0 Å². The van der Waals surface area contributed by atoms with E-state index in [1.165, 1.54) is 5.69 Å². The van der Waals surface area contributed by atoms with Crippen molar-refractivity contribution in [3.8, 4) is 0 Å². The second-order valence-electron chi connectivity index (χ2n) is 3.66. The molecule has 0 unspecified atom stereocenters. The lowest BCUT2D eigenvalue weighted by molar-refractivity contribution is 0.101. The van der Waals surface area contributed by atoms with E-state index in [1.807, 2.05) is 16.9 Å². The molecule has 0 fully saturated rings. The van der Waals surface area contributed by atoms with Crippen LogP contribution in [0.25, 0.3) is 0 Å². The van der Waals surface area contributed by atoms with Crippen LogP contribution >= 0.6 is 0 Å². The SMILES string of the molecule is Cc1ccnn1CCOCC(C)C. The normalized spacial score (nSPS) is 11.1. The molecular weight excluding hydrogens is 164 g/mol. The van der Waals surface area contributed by atoms with Crippen molar-refractivity contribution in [2.45, 2.75) is 27.3 Å². The van der Waals surface area contributed by atoms with E-state index in [-0.39, 0.29) is 0 Å². The van der Waals surface area contributed by atoms with Crippen LogP contribution in [0.2, 0.25) is 0 Å². The molecule has 0 aliphatic carbocycles. The van der Waals surface area contributed by atoms with Gasteiger partial charge in [0, 0.05) is 18.5 Å². The highest BCUT2D eigenvalue weighted by atomic mass is 16.5. The lowest BCUT2D eigenvalue weighted by Gasteiger charge is -2.07. The summed E-state index contributed by atoms with van der Waals surface area (Å²) in [6.07, 6.45) is 1.82. The Bertz CT molecular complexity index is 243. The highest BCUT2D eigenvalue weighted by molar-refractivity contribution is 4.96. The third kappa shape index (κ3) is 3.59. The Hall–Kier alpha value is -0.830. The predicted molar refractivity (Wildman–Crippen MR) is 52.6 cm³/mol. The predicted octanol–water partition coefficient (Wildman–Crippen LogP) is 1.86. The van der Waals surface area contributed by atoms with Crippen LogP contribution in [0.1, 0.15) is 19.5 Å². The summed E-state index contributed by atoms with van der Waals surface area (Å²) in [5.41, 5.74) is 1.19. The quantitative estimate of drug-likeness (QED) is 0.650. The summed E-state index contributed by atoms with van der Waals surface area (Å²) in [6.45, 7) is 8.79. The molecule has 0 bridgehead atoms. The Labute approximate surface area is 79.7 Å². The molecule has 1 rings (SSSR count). The van der Waals surface area contributed by atoms with Crippen molar-refractivity contribution in [2.24, 2.45) is 5.92 Å². The molecule has 0 N–H and O–H groups in total. The van der Waals surface area contributed by atoms with Gasteiger partial charge < -0.3 is 4.74 Å². The summed E-state index contributed by atoms with van der Waals surface area (Å²) in [5, 5.41) is 4.17. The van der Waals surface area contributed by atoms with E-state index < -0.39 is 0 Å². The Balaban J connectivity index is 2.17. The second-order valence-corrected chi connectivity index (χ2v) is 3.66. The van der Waals surface area contributed by atoms with E-state index in [4.69, 9.17) is 4.74 Å². The van der Waals surface area contributed by atoms with E-state index in [1.54, 1.807) is 0 Å². The molecule has 0 aromatic carbocycles. The van der Waals surface area contributed by atoms with Crippen molar-refractivity contribution in [2.75, 3.05) is 13.2 Å². The molecule has 74 valence electrons. The smallest absolute Gasteiger partial charge is 0.0662 e. The monoisotopic (exact) mass is 182 g/mol. The lowest BCUT2D eigenvalue weighted by Crippen LogP contribution is -2.11. The molecule has 0 atom stereocenters. The Morgan fingerprint density at radius 2 is 2.31 bits per heavy atom. The molecule has 13 heavy (non-hydrogen) atoms. The fraction of sp³-hybridized carbons (Fsp3) is 0.700. The molecule has 0 saturated heterocycles. The van der Waals surface area contributed by atoms with E-state index in [0.717, 1.165) is 19.8 Å². The summed E-state index contributed by atoms with van der Waals surface area (Å²) in [6, 6.07) is 2.00. The number of ether oxygens (including phenoxy) is 1. The number of hydrogen-bond acceptors (Lipinski definition) is 2. The average Bonchev–Trinajstić information content (AvgIpc) is 2.45. The molecule has 0 aliphatic rings. The number of aromatic nitrogens is 2. The fourth-order valence-corrected chi connectivity index (χ4v) is 1.10. The molecule has 0 amide bonds. The fourth-order valence-electron chi connectivity index (χ4n) is 1.10. The summed E-state index contributed by atoms with van der Waals surface area (Å²) in [5.74, 6) is 0.610. The first-order chi connectivity index (χ1) is 6.20. The van der Waals surface area contributed by atoms with Crippen molar-refractivity contribution in [1.29, 1.82) is 0 Å². The van der Waals surface area contributed by atoms with Crippen LogP contribution in [0, 0.1) is 12.8 Å². The Morgan fingerprint density at radius 3 is 2.85 bits per heavy atom. The van der Waals surface area contributed by atoms with Gasteiger partial charge >= 0.3 is 0 Å². The summed E-state index contributed by atoms with van der Waals surface area (Å²) >= 11 is 0. The molecule has 1 aromatic heterocycles. The van der Waals surface area contributed by atoms with Crippen LogP contribution in [-0.2, 0) is 11.3 Å². The maximum atomic E-state index is 5.46. The Morgan fingerprint density at radius 1 is 1.54 bits per heavy atom. The van der Waals surface area contributed by atoms with Crippen molar-refractivity contribution < 1.29 is 4.74 Å². The molecule has 0 saturated carbocycles. The van der Waals surface area contributed by atoms with E-state index in [0.29, 0.717) is 5.92 Å². The molecule has 0 spiro atoms. The van der Waals surface area contributed by atoms with E-state index >= 15 is 0 Å². The molecule has 3 nitrogen and oxygen atoms in total. The first-order valence-corrected chi connectivity index (χ1v) is 4.76. The van der Waals surface area contributed by atoms with Gasteiger partial charge in [0.05, 0.1) is 13.2 Å². The van der Waals surface area contributed by atoms with Gasteiger partial charge in [-0.2, -0.15) is 5.10 Å². The van der Waals surface area contributed by atoms with Crippen molar-refractivity contribution in [1.82, 2.24) is 9.78 Å². The largest absolute Gasteiger partial charge is 0.379 e. The molecule has 0 radical (unpaired) electrons. The zero-order chi connectivity index (χ0) is 9.68. The van der Waals surface area contributed by atoms with Crippen molar-refractivity contribution >= 4 is 0 Å². The molecular formula is C10H18N2O.